The van der Waals surface area contributed by atoms with Gasteiger partial charge in [0, 0.05) is 22.1 Å². The van der Waals surface area contributed by atoms with Crippen molar-refractivity contribution in [3.63, 3.8) is 0 Å². The van der Waals surface area contributed by atoms with Crippen molar-refractivity contribution in [2.45, 2.75) is 67.2 Å². The van der Waals surface area contributed by atoms with Gasteiger partial charge in [0.25, 0.3) is 0 Å². The van der Waals surface area contributed by atoms with E-state index in [2.05, 4.69) is 332 Å². The smallest absolute Gasteiger partial charge is 0.0541 e. The topological polar surface area (TPSA) is 30.9 Å². The molecular weight excluding hydrogens is 1010 g/mol. The second-order valence-electron chi connectivity index (χ2n) is 22.0. The van der Waals surface area contributed by atoms with Crippen LogP contribution in [-0.2, 0) is 6.42 Å². The number of benzene rings is 12. The number of nitrogen functional groups attached to an aromatic ring is 1. The summed E-state index contributed by atoms with van der Waals surface area (Å²) in [6.45, 7) is 15.4. The third-order valence-corrected chi connectivity index (χ3v) is 16.1. The first-order valence-corrected chi connectivity index (χ1v) is 29.6. The van der Waals surface area contributed by atoms with Gasteiger partial charge in [0.15, 0.2) is 0 Å². The van der Waals surface area contributed by atoms with Crippen molar-refractivity contribution in [1.82, 2.24) is 4.57 Å². The van der Waals surface area contributed by atoms with Crippen LogP contribution in [0.3, 0.4) is 0 Å². The van der Waals surface area contributed by atoms with E-state index < -0.39 is 0 Å². The van der Waals surface area contributed by atoms with Crippen LogP contribution in [0.4, 0.5) is 5.69 Å². The molecule has 13 rings (SSSR count). The van der Waals surface area contributed by atoms with Crippen LogP contribution in [0.2, 0.25) is 0 Å². The highest BCUT2D eigenvalue weighted by Gasteiger charge is 2.17. The van der Waals surface area contributed by atoms with Crippen LogP contribution in [0.5, 0.6) is 0 Å². The standard InChI is InChI=1S/C42H38N2.2C14H14.C12H10/c1-4-28(3)31-21-36(27-38(26-31)44-41-17-11-9-15-39(41)40-16-10-12-18-42(40)44)35-23-33(30-13-7-6-8-14-30)22-34(24-35)32-19-29(5-2)20-37(43)25-32;2*1-11-7-3-5-9-13(11)14-10-6-4-8-12(14)2;1-3-7-11(8-4-1)12-9-5-2-6-10-12/h6-28H,4-5,43H2,1-3H3;2*3-10H,1-2H3;1-10H. The Morgan fingerprint density at radius 3 is 1.05 bits per heavy atom. The summed E-state index contributed by atoms with van der Waals surface area (Å²) in [5.74, 6) is 0.430. The number of aromatic nitrogens is 1. The molecule has 0 aliphatic rings. The fourth-order valence-electron chi connectivity index (χ4n) is 11.3. The van der Waals surface area contributed by atoms with E-state index in [9.17, 15) is 0 Å². The van der Waals surface area contributed by atoms with E-state index in [4.69, 9.17) is 5.73 Å². The zero-order valence-electron chi connectivity index (χ0n) is 49.7. The molecule has 0 bridgehead atoms. The van der Waals surface area contributed by atoms with Gasteiger partial charge in [-0.3, -0.25) is 0 Å². The molecule has 0 saturated heterocycles. The Bertz CT molecular complexity index is 4020. The zero-order chi connectivity index (χ0) is 58.4. The largest absolute Gasteiger partial charge is 0.399 e. The number of hydrogen-bond acceptors (Lipinski definition) is 1. The van der Waals surface area contributed by atoms with E-state index in [-0.39, 0.29) is 0 Å². The molecule has 1 atom stereocenters. The Labute approximate surface area is 499 Å². The number of aryl methyl sites for hydroxylation is 5. The fraction of sp³-hybridized carbons (Fsp3) is 0.122. The number of para-hydroxylation sites is 2. The molecule has 0 saturated carbocycles. The van der Waals surface area contributed by atoms with Crippen LogP contribution < -0.4 is 5.73 Å². The molecule has 414 valence electrons. The maximum absolute atomic E-state index is 6.40. The lowest BCUT2D eigenvalue weighted by Gasteiger charge is -2.18. The van der Waals surface area contributed by atoms with Gasteiger partial charge in [-0.2, -0.15) is 0 Å². The lowest BCUT2D eigenvalue weighted by atomic mass is 9.90. The van der Waals surface area contributed by atoms with Crippen LogP contribution in [0, 0.1) is 27.7 Å². The predicted octanol–water partition coefficient (Wildman–Crippen LogP) is 22.7. The van der Waals surface area contributed by atoms with Crippen LogP contribution in [0.25, 0.3) is 94.3 Å². The van der Waals surface area contributed by atoms with Crippen LogP contribution in [-0.4, -0.2) is 4.57 Å². The van der Waals surface area contributed by atoms with Crippen LogP contribution >= 0.6 is 0 Å². The van der Waals surface area contributed by atoms with E-state index in [0.29, 0.717) is 5.92 Å². The monoisotopic (exact) mass is 1090 g/mol. The second kappa shape index (κ2) is 27.3. The van der Waals surface area contributed by atoms with Gasteiger partial charge in [-0.25, -0.2) is 0 Å². The number of nitrogens with two attached hydrogens (primary N) is 1. The average molecular weight is 1090 g/mol. The highest BCUT2D eigenvalue weighted by atomic mass is 15.0. The normalized spacial score (nSPS) is 11.1. The van der Waals surface area contributed by atoms with Gasteiger partial charge in [0.05, 0.1) is 11.0 Å². The van der Waals surface area contributed by atoms with Crippen molar-refractivity contribution in [3.05, 3.63) is 325 Å². The first kappa shape index (κ1) is 57.5. The van der Waals surface area contributed by atoms with Gasteiger partial charge in [-0.05, 0) is 201 Å². The fourth-order valence-corrected chi connectivity index (χ4v) is 11.3. The van der Waals surface area contributed by atoms with Crippen LogP contribution in [0.1, 0.15) is 66.5 Å². The highest BCUT2D eigenvalue weighted by Crippen LogP contribution is 2.39. The van der Waals surface area contributed by atoms with Crippen molar-refractivity contribution in [3.8, 4) is 72.4 Å². The maximum Gasteiger partial charge on any atom is 0.0541 e. The molecule has 1 heterocycles. The molecule has 84 heavy (non-hydrogen) atoms. The molecule has 2 heteroatoms. The Balaban J connectivity index is 0.000000157. The quantitative estimate of drug-likeness (QED) is 0.136. The summed E-state index contributed by atoms with van der Waals surface area (Å²) in [6, 6.07) is 104. The first-order chi connectivity index (χ1) is 41.1. The van der Waals surface area contributed by atoms with Gasteiger partial charge < -0.3 is 10.3 Å². The van der Waals surface area contributed by atoms with Crippen molar-refractivity contribution in [1.29, 1.82) is 0 Å². The van der Waals surface area contributed by atoms with Crippen molar-refractivity contribution in [2.24, 2.45) is 0 Å². The first-order valence-electron chi connectivity index (χ1n) is 29.6. The van der Waals surface area contributed by atoms with E-state index in [0.717, 1.165) is 24.1 Å². The molecule has 0 aliphatic carbocycles. The van der Waals surface area contributed by atoms with Crippen molar-refractivity contribution < 1.29 is 0 Å². The molecular formula is C82H76N2. The minimum Gasteiger partial charge on any atom is -0.399 e. The summed E-state index contributed by atoms with van der Waals surface area (Å²) >= 11 is 0. The van der Waals surface area contributed by atoms with E-state index in [1.165, 1.54) is 122 Å². The molecule has 0 aliphatic heterocycles. The number of anilines is 1. The minimum atomic E-state index is 0.430. The minimum absolute atomic E-state index is 0.430. The lowest BCUT2D eigenvalue weighted by molar-refractivity contribution is 0.733. The van der Waals surface area contributed by atoms with E-state index >= 15 is 0 Å². The Kier molecular flexibility index (Phi) is 18.7. The van der Waals surface area contributed by atoms with Crippen LogP contribution in [0.15, 0.2) is 291 Å². The Morgan fingerprint density at radius 1 is 0.321 bits per heavy atom. The summed E-state index contributed by atoms with van der Waals surface area (Å²) in [5, 5.41) is 2.56. The molecule has 2 N–H and O–H groups in total. The average Bonchev–Trinajstić information content (AvgIpc) is 2.13. The Morgan fingerprint density at radius 2 is 0.655 bits per heavy atom. The molecule has 0 amide bonds. The summed E-state index contributed by atoms with van der Waals surface area (Å²) in [5.41, 5.74) is 33.9. The molecule has 0 spiro atoms. The predicted molar refractivity (Wildman–Crippen MR) is 364 cm³/mol. The molecule has 1 aromatic heterocycles. The third kappa shape index (κ3) is 13.6. The number of fused-ring (bicyclic) bond motifs is 3. The van der Waals surface area contributed by atoms with Gasteiger partial charge in [-0.1, -0.05) is 257 Å². The number of rotatable bonds is 10. The summed E-state index contributed by atoms with van der Waals surface area (Å²) in [4.78, 5) is 0. The highest BCUT2D eigenvalue weighted by molar-refractivity contribution is 6.09. The maximum atomic E-state index is 6.40. The van der Waals surface area contributed by atoms with Gasteiger partial charge in [-0.15, -0.1) is 0 Å². The molecule has 0 fully saturated rings. The van der Waals surface area contributed by atoms with Crippen molar-refractivity contribution in [2.75, 3.05) is 5.73 Å². The second-order valence-corrected chi connectivity index (χ2v) is 22.0. The molecule has 13 aromatic rings. The number of hydrogen-bond donors (Lipinski definition) is 1. The van der Waals surface area contributed by atoms with E-state index in [1.54, 1.807) is 0 Å². The molecule has 2 nitrogen and oxygen atoms in total. The molecule has 12 aromatic carbocycles. The lowest BCUT2D eigenvalue weighted by Crippen LogP contribution is -1.99. The van der Waals surface area contributed by atoms with Gasteiger partial charge in [0.1, 0.15) is 0 Å². The number of nitrogens with zero attached hydrogens (tertiary/aromatic N) is 1. The Hall–Kier alpha value is -9.76. The van der Waals surface area contributed by atoms with Gasteiger partial charge in [0.2, 0.25) is 0 Å². The third-order valence-electron chi connectivity index (χ3n) is 16.1. The van der Waals surface area contributed by atoms with Gasteiger partial charge >= 0.3 is 0 Å². The zero-order valence-corrected chi connectivity index (χ0v) is 49.7. The summed E-state index contributed by atoms with van der Waals surface area (Å²) in [7, 11) is 0. The van der Waals surface area contributed by atoms with E-state index in [1.807, 2.05) is 12.1 Å². The summed E-state index contributed by atoms with van der Waals surface area (Å²) < 4.78 is 2.44. The SMILES string of the molecule is CCc1cc(N)cc(-c2cc(-c3ccccc3)cc(-c3cc(C(C)CC)cc(-n4c5ccccc5c5ccccc54)c3)c2)c1.Cc1ccccc1-c1ccccc1C.Cc1ccccc1-c1ccccc1C.c1ccc(-c2ccccc2)cc1. The molecule has 1 unspecified atom stereocenters. The molecule has 0 radical (unpaired) electrons. The summed E-state index contributed by atoms with van der Waals surface area (Å²) in [6.07, 6.45) is 2.02. The van der Waals surface area contributed by atoms with Crippen molar-refractivity contribution >= 4 is 27.5 Å².